The van der Waals surface area contributed by atoms with Crippen molar-refractivity contribution >= 4 is 6.08 Å². The van der Waals surface area contributed by atoms with E-state index in [0.29, 0.717) is 0 Å². The molecule has 1 atom stereocenters. The van der Waals surface area contributed by atoms with Crippen LogP contribution in [0.25, 0.3) is 0 Å². The predicted octanol–water partition coefficient (Wildman–Crippen LogP) is 2.59. The SMILES string of the molecule is CC(F)(N=C=O)C1CCCCC1. The summed E-state index contributed by atoms with van der Waals surface area (Å²) in [5.41, 5.74) is 0. The van der Waals surface area contributed by atoms with Crippen LogP contribution in [0.5, 0.6) is 0 Å². The van der Waals surface area contributed by atoms with Crippen LogP contribution in [0.2, 0.25) is 0 Å². The van der Waals surface area contributed by atoms with Gasteiger partial charge in [-0.3, -0.25) is 0 Å². The molecular weight excluding hydrogens is 157 g/mol. The van der Waals surface area contributed by atoms with E-state index in [1.54, 1.807) is 0 Å². The first kappa shape index (κ1) is 9.40. The molecule has 68 valence electrons. The third kappa shape index (κ3) is 2.15. The zero-order valence-electron chi connectivity index (χ0n) is 7.35. The number of isocyanates is 1. The third-order valence-electron chi connectivity index (χ3n) is 2.61. The van der Waals surface area contributed by atoms with Gasteiger partial charge in [0.15, 0.2) is 0 Å². The van der Waals surface area contributed by atoms with E-state index in [4.69, 9.17) is 0 Å². The molecule has 0 amide bonds. The molecule has 3 heteroatoms. The monoisotopic (exact) mass is 171 g/mol. The van der Waals surface area contributed by atoms with Crippen molar-refractivity contribution in [2.45, 2.75) is 44.8 Å². The van der Waals surface area contributed by atoms with Crippen LogP contribution in [-0.2, 0) is 4.79 Å². The number of hydrogen-bond donors (Lipinski definition) is 0. The second kappa shape index (κ2) is 3.81. The van der Waals surface area contributed by atoms with E-state index < -0.39 is 5.79 Å². The lowest BCUT2D eigenvalue weighted by atomic mass is 9.83. The van der Waals surface area contributed by atoms with Gasteiger partial charge < -0.3 is 0 Å². The van der Waals surface area contributed by atoms with Gasteiger partial charge in [0.05, 0.1) is 0 Å². The summed E-state index contributed by atoms with van der Waals surface area (Å²) in [7, 11) is 0. The molecule has 0 saturated heterocycles. The van der Waals surface area contributed by atoms with E-state index in [-0.39, 0.29) is 5.92 Å². The number of alkyl halides is 1. The Morgan fingerprint density at radius 2 is 2.00 bits per heavy atom. The normalized spacial score (nSPS) is 24.2. The lowest BCUT2D eigenvalue weighted by Crippen LogP contribution is -2.29. The van der Waals surface area contributed by atoms with Crippen molar-refractivity contribution in [2.24, 2.45) is 10.9 Å². The van der Waals surface area contributed by atoms with E-state index in [2.05, 4.69) is 4.99 Å². The minimum absolute atomic E-state index is 0.0762. The molecule has 0 aromatic heterocycles. The molecule has 0 radical (unpaired) electrons. The van der Waals surface area contributed by atoms with Crippen molar-refractivity contribution in [2.75, 3.05) is 0 Å². The highest BCUT2D eigenvalue weighted by Crippen LogP contribution is 2.35. The highest BCUT2D eigenvalue weighted by Gasteiger charge is 2.34. The molecule has 0 spiro atoms. The van der Waals surface area contributed by atoms with Crippen LogP contribution in [0.3, 0.4) is 0 Å². The van der Waals surface area contributed by atoms with Gasteiger partial charge in [-0.1, -0.05) is 19.3 Å². The van der Waals surface area contributed by atoms with E-state index in [1.165, 1.54) is 19.4 Å². The Hall–Kier alpha value is -0.690. The van der Waals surface area contributed by atoms with Crippen LogP contribution in [0.15, 0.2) is 4.99 Å². The topological polar surface area (TPSA) is 29.4 Å². The van der Waals surface area contributed by atoms with Crippen molar-refractivity contribution < 1.29 is 9.18 Å². The van der Waals surface area contributed by atoms with Gasteiger partial charge in [0.2, 0.25) is 11.9 Å². The molecule has 0 aromatic rings. The Bertz CT molecular complexity index is 191. The molecule has 2 nitrogen and oxygen atoms in total. The van der Waals surface area contributed by atoms with E-state index in [9.17, 15) is 9.18 Å². The van der Waals surface area contributed by atoms with Gasteiger partial charge in [-0.05, 0) is 19.8 Å². The van der Waals surface area contributed by atoms with Gasteiger partial charge in [0.25, 0.3) is 0 Å². The minimum atomic E-state index is -1.68. The van der Waals surface area contributed by atoms with E-state index >= 15 is 0 Å². The molecule has 0 aromatic carbocycles. The smallest absolute Gasteiger partial charge is 0.217 e. The van der Waals surface area contributed by atoms with Crippen LogP contribution in [0.1, 0.15) is 39.0 Å². The minimum Gasteiger partial charge on any atom is -0.217 e. The second-order valence-electron chi connectivity index (χ2n) is 3.56. The maximum atomic E-state index is 13.5. The number of rotatable bonds is 2. The Morgan fingerprint density at radius 1 is 1.42 bits per heavy atom. The number of nitrogens with zero attached hydrogens (tertiary/aromatic N) is 1. The highest BCUT2D eigenvalue weighted by atomic mass is 19.1. The Balaban J connectivity index is 2.59. The summed E-state index contributed by atoms with van der Waals surface area (Å²) < 4.78 is 13.5. The fourth-order valence-corrected chi connectivity index (χ4v) is 1.81. The molecule has 1 unspecified atom stereocenters. The predicted molar refractivity (Wildman–Crippen MR) is 44.2 cm³/mol. The Morgan fingerprint density at radius 3 is 2.50 bits per heavy atom. The molecule has 0 aliphatic heterocycles. The van der Waals surface area contributed by atoms with Gasteiger partial charge >= 0.3 is 0 Å². The fourth-order valence-electron chi connectivity index (χ4n) is 1.81. The third-order valence-corrected chi connectivity index (χ3v) is 2.61. The van der Waals surface area contributed by atoms with Crippen LogP contribution < -0.4 is 0 Å². The number of halogens is 1. The molecule has 0 N–H and O–H groups in total. The molecule has 1 aliphatic rings. The van der Waals surface area contributed by atoms with E-state index in [0.717, 1.165) is 25.7 Å². The van der Waals surface area contributed by atoms with Crippen molar-refractivity contribution in [3.8, 4) is 0 Å². The molecule has 1 aliphatic carbocycles. The fraction of sp³-hybridized carbons (Fsp3) is 0.889. The summed E-state index contributed by atoms with van der Waals surface area (Å²) in [4.78, 5) is 13.1. The van der Waals surface area contributed by atoms with Crippen LogP contribution in [0.4, 0.5) is 4.39 Å². The van der Waals surface area contributed by atoms with Crippen LogP contribution in [-0.4, -0.2) is 11.9 Å². The maximum Gasteiger partial charge on any atom is 0.238 e. The maximum absolute atomic E-state index is 13.5. The average Bonchev–Trinajstić information content (AvgIpc) is 2.06. The highest BCUT2D eigenvalue weighted by molar-refractivity contribution is 5.34. The van der Waals surface area contributed by atoms with Gasteiger partial charge in [0.1, 0.15) is 0 Å². The first-order chi connectivity index (χ1) is 5.67. The summed E-state index contributed by atoms with van der Waals surface area (Å²) in [6.07, 6.45) is 6.28. The zero-order chi connectivity index (χ0) is 9.03. The lowest BCUT2D eigenvalue weighted by molar-refractivity contribution is 0.0842. The van der Waals surface area contributed by atoms with Crippen molar-refractivity contribution in [1.82, 2.24) is 0 Å². The summed E-state index contributed by atoms with van der Waals surface area (Å²) in [5, 5.41) is 0. The number of carbonyl (C=O) groups excluding carboxylic acids is 1. The summed E-state index contributed by atoms with van der Waals surface area (Å²) in [5.74, 6) is -1.75. The zero-order valence-corrected chi connectivity index (χ0v) is 7.35. The van der Waals surface area contributed by atoms with Gasteiger partial charge in [-0.2, -0.15) is 4.99 Å². The quantitative estimate of drug-likeness (QED) is 0.356. The number of aliphatic imine (C=N–C) groups is 1. The first-order valence-electron chi connectivity index (χ1n) is 4.45. The largest absolute Gasteiger partial charge is 0.238 e. The molecular formula is C9H14FNO. The molecule has 12 heavy (non-hydrogen) atoms. The molecule has 0 heterocycles. The van der Waals surface area contributed by atoms with Crippen molar-refractivity contribution in [1.29, 1.82) is 0 Å². The second-order valence-corrected chi connectivity index (χ2v) is 3.56. The number of hydrogen-bond acceptors (Lipinski definition) is 2. The first-order valence-corrected chi connectivity index (χ1v) is 4.45. The summed E-state index contributed by atoms with van der Waals surface area (Å²) in [6.45, 7) is 1.37. The molecule has 1 rings (SSSR count). The van der Waals surface area contributed by atoms with Gasteiger partial charge in [-0.15, -0.1) is 0 Å². The molecule has 1 saturated carbocycles. The lowest BCUT2D eigenvalue weighted by Gasteiger charge is -2.28. The summed E-state index contributed by atoms with van der Waals surface area (Å²) in [6, 6.07) is 0. The van der Waals surface area contributed by atoms with Crippen LogP contribution >= 0.6 is 0 Å². The van der Waals surface area contributed by atoms with Crippen molar-refractivity contribution in [3.05, 3.63) is 0 Å². The van der Waals surface area contributed by atoms with Gasteiger partial charge in [0, 0.05) is 5.92 Å². The Labute approximate surface area is 71.9 Å². The van der Waals surface area contributed by atoms with E-state index in [1.807, 2.05) is 0 Å². The molecule has 1 fully saturated rings. The van der Waals surface area contributed by atoms with Gasteiger partial charge in [-0.25, -0.2) is 9.18 Å². The standard InChI is InChI=1S/C9H14FNO/c1-9(10,11-7-12)8-5-3-2-4-6-8/h8H,2-6H2,1H3. The average molecular weight is 171 g/mol. The molecule has 0 bridgehead atoms. The Kier molecular flexibility index (Phi) is 2.99. The van der Waals surface area contributed by atoms with Crippen LogP contribution in [0, 0.1) is 5.92 Å². The summed E-state index contributed by atoms with van der Waals surface area (Å²) >= 11 is 0. The van der Waals surface area contributed by atoms with Crippen molar-refractivity contribution in [3.63, 3.8) is 0 Å².